The molecule has 0 bridgehead atoms. The van der Waals surface area contributed by atoms with Gasteiger partial charge in [0.15, 0.2) is 0 Å². The summed E-state index contributed by atoms with van der Waals surface area (Å²) >= 11 is 0. The van der Waals surface area contributed by atoms with Crippen molar-refractivity contribution in [2.45, 2.75) is 18.0 Å². The van der Waals surface area contributed by atoms with E-state index in [0.29, 0.717) is 0 Å². The van der Waals surface area contributed by atoms with Gasteiger partial charge >= 0.3 is 6.03 Å². The van der Waals surface area contributed by atoms with Crippen LogP contribution < -0.4 is 5.32 Å². The molecule has 2 saturated heterocycles. The van der Waals surface area contributed by atoms with Crippen LogP contribution in [0, 0.1) is 11.6 Å². The van der Waals surface area contributed by atoms with Gasteiger partial charge in [0.05, 0.1) is 24.4 Å². The van der Waals surface area contributed by atoms with Gasteiger partial charge < -0.3 is 20.2 Å². The molecule has 36 heavy (non-hydrogen) atoms. The van der Waals surface area contributed by atoms with Gasteiger partial charge in [-0.2, -0.15) is 0 Å². The van der Waals surface area contributed by atoms with E-state index >= 15 is 0 Å². The molecule has 0 saturated carbocycles. The van der Waals surface area contributed by atoms with Crippen molar-refractivity contribution in [3.63, 3.8) is 0 Å². The lowest BCUT2D eigenvalue weighted by atomic mass is 9.73. The average Bonchev–Trinajstić information content (AvgIpc) is 2.87. The van der Waals surface area contributed by atoms with E-state index in [0.717, 1.165) is 34.9 Å². The van der Waals surface area contributed by atoms with Gasteiger partial charge in [-0.25, -0.2) is 13.6 Å². The molecule has 0 unspecified atom stereocenters. The summed E-state index contributed by atoms with van der Waals surface area (Å²) in [5, 5.41) is 12.4. The number of fused-ring (bicyclic) bond motifs is 1. The SMILES string of the molecule is O=C(Nc1cc(F)ccc1F)N1CC(=O)N2[C@H](C1)[C@@H](c1ccc(C=Cc3ccccc3)cc1)[C@@H]2CO. The average molecular weight is 490 g/mol. The number of rotatable bonds is 5. The zero-order chi connectivity index (χ0) is 25.2. The Bertz CT molecular complexity index is 1300. The number of hydrogen-bond donors (Lipinski definition) is 2. The van der Waals surface area contributed by atoms with Crippen molar-refractivity contribution in [2.24, 2.45) is 0 Å². The van der Waals surface area contributed by atoms with Crippen LogP contribution in [-0.4, -0.2) is 58.6 Å². The Morgan fingerprint density at radius 2 is 1.69 bits per heavy atom. The van der Waals surface area contributed by atoms with E-state index in [1.54, 1.807) is 4.90 Å². The summed E-state index contributed by atoms with van der Waals surface area (Å²) in [6, 6.07) is 19.3. The molecular formula is C28H25F2N3O3. The molecule has 3 atom stereocenters. The van der Waals surface area contributed by atoms with Gasteiger partial charge in [-0.15, -0.1) is 0 Å². The summed E-state index contributed by atoms with van der Waals surface area (Å²) in [4.78, 5) is 28.5. The fraction of sp³-hybridized carbons (Fsp3) is 0.214. The standard InChI is InChI=1S/C28H25F2N3O3/c29-21-12-13-22(30)23(14-21)31-28(36)32-15-24-27(25(17-34)33(24)26(35)16-32)20-10-8-19(9-11-20)7-6-18-4-2-1-3-5-18/h1-14,24-25,27,34H,15-17H2,(H,31,36)/t24-,25+,27-/m1/s1. The number of urea groups is 1. The van der Waals surface area contributed by atoms with Gasteiger partial charge in [-0.1, -0.05) is 66.7 Å². The second-order valence-electron chi connectivity index (χ2n) is 8.99. The summed E-state index contributed by atoms with van der Waals surface area (Å²) < 4.78 is 27.5. The number of piperazine rings is 1. The van der Waals surface area contributed by atoms with Crippen molar-refractivity contribution in [1.82, 2.24) is 9.80 Å². The maximum absolute atomic E-state index is 14.0. The van der Waals surface area contributed by atoms with Crippen molar-refractivity contribution in [2.75, 3.05) is 25.0 Å². The van der Waals surface area contributed by atoms with Crippen molar-refractivity contribution in [1.29, 1.82) is 0 Å². The van der Waals surface area contributed by atoms with Crippen molar-refractivity contribution < 1.29 is 23.5 Å². The van der Waals surface area contributed by atoms with Crippen LogP contribution in [0.3, 0.4) is 0 Å². The van der Waals surface area contributed by atoms with Gasteiger partial charge in [-0.05, 0) is 28.8 Å². The molecule has 0 spiro atoms. The number of carbonyl (C=O) groups is 2. The molecule has 2 fully saturated rings. The summed E-state index contributed by atoms with van der Waals surface area (Å²) in [7, 11) is 0. The molecule has 2 aliphatic heterocycles. The lowest BCUT2D eigenvalue weighted by Gasteiger charge is -2.58. The van der Waals surface area contributed by atoms with Crippen molar-refractivity contribution >= 4 is 29.8 Å². The number of hydrogen-bond acceptors (Lipinski definition) is 3. The zero-order valence-electron chi connectivity index (χ0n) is 19.4. The van der Waals surface area contributed by atoms with E-state index < -0.39 is 17.7 Å². The second kappa shape index (κ2) is 9.91. The largest absolute Gasteiger partial charge is 0.394 e. The molecule has 5 rings (SSSR count). The number of anilines is 1. The maximum atomic E-state index is 14.0. The predicted octanol–water partition coefficient (Wildman–Crippen LogP) is 4.34. The Balaban J connectivity index is 1.31. The minimum atomic E-state index is -0.766. The number of benzene rings is 3. The lowest BCUT2D eigenvalue weighted by Crippen LogP contribution is -2.73. The molecule has 2 aliphatic rings. The van der Waals surface area contributed by atoms with Gasteiger partial charge in [-0.3, -0.25) is 4.79 Å². The Morgan fingerprint density at radius 3 is 2.39 bits per heavy atom. The quantitative estimate of drug-likeness (QED) is 0.524. The molecule has 3 aromatic rings. The van der Waals surface area contributed by atoms with Gasteiger partial charge in [0, 0.05) is 18.5 Å². The van der Waals surface area contributed by atoms with E-state index in [1.165, 1.54) is 4.90 Å². The minimum absolute atomic E-state index is 0.160. The third-order valence-electron chi connectivity index (χ3n) is 6.80. The minimum Gasteiger partial charge on any atom is -0.394 e. The molecule has 3 aromatic carbocycles. The van der Waals surface area contributed by atoms with E-state index in [4.69, 9.17) is 0 Å². The van der Waals surface area contributed by atoms with Crippen LogP contribution in [0.2, 0.25) is 0 Å². The first-order valence-electron chi connectivity index (χ1n) is 11.7. The van der Waals surface area contributed by atoms with Crippen LogP contribution >= 0.6 is 0 Å². The van der Waals surface area contributed by atoms with Gasteiger partial charge in [0.25, 0.3) is 0 Å². The molecule has 184 valence electrons. The first kappa shape index (κ1) is 23.7. The maximum Gasteiger partial charge on any atom is 0.322 e. The number of carbonyl (C=O) groups excluding carboxylic acids is 2. The van der Waals surface area contributed by atoms with Crippen LogP contribution in [-0.2, 0) is 4.79 Å². The van der Waals surface area contributed by atoms with E-state index in [9.17, 15) is 23.5 Å². The first-order valence-corrected chi connectivity index (χ1v) is 11.7. The Kier molecular flexibility index (Phi) is 6.52. The number of nitrogens with zero attached hydrogens (tertiary/aromatic N) is 2. The molecule has 2 N–H and O–H groups in total. The third-order valence-corrected chi connectivity index (χ3v) is 6.80. The Hall–Kier alpha value is -4.04. The Labute approximate surface area is 207 Å². The molecule has 0 aliphatic carbocycles. The summed E-state index contributed by atoms with van der Waals surface area (Å²) in [5.41, 5.74) is 2.77. The van der Waals surface area contributed by atoms with Crippen LogP contribution in [0.15, 0.2) is 72.8 Å². The molecular weight excluding hydrogens is 464 g/mol. The van der Waals surface area contributed by atoms with Crippen molar-refractivity contribution in [3.8, 4) is 0 Å². The Morgan fingerprint density at radius 1 is 1.00 bits per heavy atom. The smallest absolute Gasteiger partial charge is 0.322 e. The van der Waals surface area contributed by atoms with Gasteiger partial charge in [0.1, 0.15) is 18.2 Å². The number of amides is 3. The monoisotopic (exact) mass is 489 g/mol. The van der Waals surface area contributed by atoms with Crippen LogP contribution in [0.4, 0.5) is 19.3 Å². The highest BCUT2D eigenvalue weighted by Crippen LogP contribution is 2.43. The van der Waals surface area contributed by atoms with Crippen LogP contribution in [0.25, 0.3) is 12.2 Å². The molecule has 8 heteroatoms. The number of aliphatic hydroxyl groups is 1. The topological polar surface area (TPSA) is 72.9 Å². The molecule has 0 radical (unpaired) electrons. The highest BCUT2D eigenvalue weighted by atomic mass is 19.1. The number of nitrogens with one attached hydrogen (secondary N) is 1. The van der Waals surface area contributed by atoms with Gasteiger partial charge in [0.2, 0.25) is 5.91 Å². The third kappa shape index (κ3) is 4.59. The number of aliphatic hydroxyl groups excluding tert-OH is 1. The van der Waals surface area contributed by atoms with E-state index in [2.05, 4.69) is 5.32 Å². The van der Waals surface area contributed by atoms with E-state index in [-0.39, 0.29) is 49.3 Å². The molecule has 0 aromatic heterocycles. The predicted molar refractivity (Wildman–Crippen MR) is 133 cm³/mol. The fourth-order valence-electron chi connectivity index (χ4n) is 5.03. The van der Waals surface area contributed by atoms with E-state index in [1.807, 2.05) is 66.7 Å². The highest BCUT2D eigenvalue weighted by molar-refractivity contribution is 5.94. The lowest BCUT2D eigenvalue weighted by molar-refractivity contribution is -0.159. The van der Waals surface area contributed by atoms with Crippen LogP contribution in [0.5, 0.6) is 0 Å². The normalized spacial score (nSPS) is 21.3. The molecule has 3 amide bonds. The highest BCUT2D eigenvalue weighted by Gasteiger charge is 2.54. The van der Waals surface area contributed by atoms with Crippen LogP contribution in [0.1, 0.15) is 22.6 Å². The zero-order valence-corrected chi connectivity index (χ0v) is 19.4. The summed E-state index contributed by atoms with van der Waals surface area (Å²) in [6.07, 6.45) is 4.03. The fourth-order valence-corrected chi connectivity index (χ4v) is 5.03. The number of halogens is 2. The van der Waals surface area contributed by atoms with Crippen molar-refractivity contribution in [3.05, 3.63) is 101 Å². The second-order valence-corrected chi connectivity index (χ2v) is 8.99. The summed E-state index contributed by atoms with van der Waals surface area (Å²) in [5.74, 6) is -1.90. The summed E-state index contributed by atoms with van der Waals surface area (Å²) in [6.45, 7) is -0.180. The molecule has 6 nitrogen and oxygen atoms in total. The molecule has 2 heterocycles. The first-order chi connectivity index (χ1) is 17.4.